The molecule has 0 bridgehead atoms. The number of aliphatic hydroxyl groups is 2. The van der Waals surface area contributed by atoms with Crippen molar-refractivity contribution in [1.29, 1.82) is 0 Å². The Morgan fingerprint density at radius 3 is 1.45 bits per heavy atom. The summed E-state index contributed by atoms with van der Waals surface area (Å²) < 4.78 is 4.02. The number of aromatic nitrogens is 8. The molecule has 0 aliphatic heterocycles. The largest absolute Gasteiger partial charge is 0.396 e. The Morgan fingerprint density at radius 2 is 1.10 bits per heavy atom. The van der Waals surface area contributed by atoms with E-state index in [2.05, 4.69) is 52.7 Å². The Bertz CT molecular complexity index is 1530. The van der Waals surface area contributed by atoms with Crippen LogP contribution in [0.5, 0.6) is 0 Å². The van der Waals surface area contributed by atoms with E-state index in [9.17, 15) is 10.2 Å². The second kappa shape index (κ2) is 10.8. The molecular weight excluding hydrogens is 536 g/mol. The van der Waals surface area contributed by atoms with Crippen LogP contribution in [0.15, 0.2) is 37.0 Å². The molecular formula is C28H36N12O2. The summed E-state index contributed by atoms with van der Waals surface area (Å²) in [4.78, 5) is 26.2. The lowest BCUT2D eigenvalue weighted by molar-refractivity contribution is 0.244. The van der Waals surface area contributed by atoms with Crippen molar-refractivity contribution >= 4 is 45.9 Å². The summed E-state index contributed by atoms with van der Waals surface area (Å²) in [6.45, 7) is 0.344. The molecule has 4 aromatic rings. The fraction of sp³-hybridized carbons (Fsp3) is 0.500. The van der Waals surface area contributed by atoms with Crippen LogP contribution in [0.2, 0.25) is 0 Å². The maximum absolute atomic E-state index is 9.26. The molecule has 14 nitrogen and oxygen atoms in total. The first-order valence-corrected chi connectivity index (χ1v) is 14.6. The number of nitrogens with one attached hydrogen (secondary N) is 2. The molecule has 2 saturated carbocycles. The number of hydrogen-bond donors (Lipinski definition) is 6. The minimum absolute atomic E-state index is 0.162. The van der Waals surface area contributed by atoms with Crippen molar-refractivity contribution in [2.45, 2.75) is 62.7 Å². The molecule has 0 amide bonds. The van der Waals surface area contributed by atoms with Gasteiger partial charge in [0, 0.05) is 37.1 Å². The van der Waals surface area contributed by atoms with E-state index in [0.717, 1.165) is 72.5 Å². The topological polar surface area (TPSA) is 204 Å². The van der Waals surface area contributed by atoms with Gasteiger partial charge < -0.3 is 41.4 Å². The van der Waals surface area contributed by atoms with Gasteiger partial charge in [-0.25, -0.2) is 9.97 Å². The molecule has 0 radical (unpaired) electrons. The monoisotopic (exact) mass is 572 g/mol. The molecule has 0 unspecified atom stereocenters. The molecule has 0 aromatic carbocycles. The van der Waals surface area contributed by atoms with Gasteiger partial charge in [0.25, 0.3) is 0 Å². The van der Waals surface area contributed by atoms with Crippen LogP contribution < -0.4 is 22.1 Å². The van der Waals surface area contributed by atoms with Crippen molar-refractivity contribution < 1.29 is 10.2 Å². The highest BCUT2D eigenvalue weighted by Crippen LogP contribution is 2.34. The highest BCUT2D eigenvalue weighted by Gasteiger charge is 2.27. The van der Waals surface area contributed by atoms with E-state index < -0.39 is 0 Å². The average molecular weight is 573 g/mol. The molecule has 4 aliphatic carbocycles. The molecule has 2 fully saturated rings. The first kappa shape index (κ1) is 26.6. The zero-order valence-electron chi connectivity index (χ0n) is 23.2. The Morgan fingerprint density at radius 1 is 0.667 bits per heavy atom. The van der Waals surface area contributed by atoms with Crippen LogP contribution in [0.3, 0.4) is 0 Å². The van der Waals surface area contributed by atoms with Gasteiger partial charge in [-0.2, -0.15) is 19.9 Å². The van der Waals surface area contributed by atoms with E-state index in [4.69, 9.17) is 11.5 Å². The van der Waals surface area contributed by atoms with Gasteiger partial charge in [-0.1, -0.05) is 24.3 Å². The highest BCUT2D eigenvalue weighted by molar-refractivity contribution is 5.85. The fourth-order valence-electron chi connectivity index (χ4n) is 5.58. The minimum atomic E-state index is 0.162. The van der Waals surface area contributed by atoms with Crippen LogP contribution in [-0.2, 0) is 0 Å². The van der Waals surface area contributed by atoms with E-state index >= 15 is 0 Å². The molecule has 0 spiro atoms. The Balaban J connectivity index is 0.000000137. The summed E-state index contributed by atoms with van der Waals surface area (Å²) >= 11 is 0. The van der Waals surface area contributed by atoms with Gasteiger partial charge in [-0.15, -0.1) is 0 Å². The van der Waals surface area contributed by atoms with Crippen molar-refractivity contribution in [3.05, 3.63) is 37.0 Å². The van der Waals surface area contributed by atoms with Gasteiger partial charge in [0.1, 0.15) is 0 Å². The molecule has 8 rings (SSSR count). The van der Waals surface area contributed by atoms with Crippen molar-refractivity contribution in [3.63, 3.8) is 0 Å². The van der Waals surface area contributed by atoms with Crippen molar-refractivity contribution in [1.82, 2.24) is 39.0 Å². The molecule has 4 aromatic heterocycles. The summed E-state index contributed by atoms with van der Waals surface area (Å²) in [6.07, 6.45) is 18.2. The third-order valence-electron chi connectivity index (χ3n) is 8.20. The van der Waals surface area contributed by atoms with Crippen molar-refractivity contribution in [2.75, 3.05) is 35.3 Å². The van der Waals surface area contributed by atoms with Crippen molar-refractivity contribution in [2.24, 2.45) is 11.8 Å². The normalized spacial score (nSPS) is 24.8. The summed E-state index contributed by atoms with van der Waals surface area (Å²) in [5.74, 6) is 2.37. The number of hydrogen-bond acceptors (Lipinski definition) is 12. The summed E-state index contributed by atoms with van der Waals surface area (Å²) in [5, 5.41) is 25.2. The summed E-state index contributed by atoms with van der Waals surface area (Å²) in [6, 6.07) is 1.29. The first-order chi connectivity index (χ1) is 20.5. The fourth-order valence-corrected chi connectivity index (χ4v) is 5.58. The van der Waals surface area contributed by atoms with E-state index in [1.54, 1.807) is 12.7 Å². The maximum atomic E-state index is 9.26. The first-order valence-electron chi connectivity index (χ1n) is 14.6. The standard InChI is InChI=1S/2C14H18N6O/c2*15-14-18-12(17-9-2-3-9)11-13(19-14)20(7-16-11)10-4-1-8(5-10)6-21/h2*1,4,7-10,21H,2-3,5-6H2,(H3,15,17,18,19)/t2*8-,10+/m11/s1. The van der Waals surface area contributed by atoms with Gasteiger partial charge in [0.15, 0.2) is 34.0 Å². The second-order valence-corrected chi connectivity index (χ2v) is 11.6. The molecule has 0 saturated heterocycles. The quantitative estimate of drug-likeness (QED) is 0.168. The van der Waals surface area contributed by atoms with Crippen LogP contribution >= 0.6 is 0 Å². The third kappa shape index (κ3) is 5.34. The second-order valence-electron chi connectivity index (χ2n) is 11.6. The number of anilines is 4. The smallest absolute Gasteiger partial charge is 0.224 e. The van der Waals surface area contributed by atoms with Crippen LogP contribution in [-0.4, -0.2) is 74.5 Å². The Kier molecular flexibility index (Phi) is 6.86. The molecule has 220 valence electrons. The van der Waals surface area contributed by atoms with E-state index in [1.165, 1.54) is 0 Å². The molecule has 8 N–H and O–H groups in total. The molecule has 4 aliphatic rings. The van der Waals surface area contributed by atoms with Gasteiger partial charge in [0.05, 0.1) is 24.7 Å². The van der Waals surface area contributed by atoms with Crippen LogP contribution in [0.4, 0.5) is 23.5 Å². The van der Waals surface area contributed by atoms with Crippen molar-refractivity contribution in [3.8, 4) is 0 Å². The summed E-state index contributed by atoms with van der Waals surface area (Å²) in [7, 11) is 0. The zero-order valence-corrected chi connectivity index (χ0v) is 23.2. The van der Waals surface area contributed by atoms with Gasteiger partial charge in [-0.3, -0.25) is 0 Å². The van der Waals surface area contributed by atoms with Crippen LogP contribution in [0, 0.1) is 11.8 Å². The lowest BCUT2D eigenvalue weighted by Crippen LogP contribution is -2.10. The van der Waals surface area contributed by atoms with Gasteiger partial charge in [-0.05, 0) is 38.5 Å². The Labute approximate surface area is 242 Å². The van der Waals surface area contributed by atoms with E-state index in [0.29, 0.717) is 12.1 Å². The van der Waals surface area contributed by atoms with Gasteiger partial charge in [0.2, 0.25) is 11.9 Å². The number of nitrogens with two attached hydrogens (primary N) is 2. The average Bonchev–Trinajstić information content (AvgIpc) is 3.70. The lowest BCUT2D eigenvalue weighted by atomic mass is 10.1. The molecule has 4 atom stereocenters. The third-order valence-corrected chi connectivity index (χ3v) is 8.20. The van der Waals surface area contributed by atoms with Gasteiger partial charge >= 0.3 is 0 Å². The molecule has 14 heteroatoms. The number of nitrogen functional groups attached to an aromatic ring is 2. The minimum Gasteiger partial charge on any atom is -0.396 e. The molecule has 42 heavy (non-hydrogen) atoms. The number of aliphatic hydroxyl groups excluding tert-OH is 2. The zero-order chi connectivity index (χ0) is 28.8. The lowest BCUT2D eigenvalue weighted by Gasteiger charge is -2.13. The molecule has 4 heterocycles. The number of rotatable bonds is 8. The number of fused-ring (bicyclic) bond motifs is 2. The van der Waals surface area contributed by atoms with Crippen LogP contribution in [0.25, 0.3) is 22.3 Å². The summed E-state index contributed by atoms with van der Waals surface area (Å²) in [5.41, 5.74) is 14.7. The number of allylic oxidation sites excluding steroid dienone is 2. The predicted molar refractivity (Wildman–Crippen MR) is 159 cm³/mol. The van der Waals surface area contributed by atoms with E-state index in [-0.39, 0.29) is 49.0 Å². The predicted octanol–water partition coefficient (Wildman–Crippen LogP) is 2.18. The highest BCUT2D eigenvalue weighted by atomic mass is 16.3. The van der Waals surface area contributed by atoms with Crippen LogP contribution in [0.1, 0.15) is 50.6 Å². The maximum Gasteiger partial charge on any atom is 0.224 e. The Hall–Kier alpha value is -4.30. The number of imidazole rings is 2. The number of nitrogens with zero attached hydrogens (tertiary/aromatic N) is 8. The van der Waals surface area contributed by atoms with E-state index in [1.807, 2.05) is 21.3 Å². The SMILES string of the molecule is Nc1nc(NC2CC2)c2ncn([C@H]3C=C[C@@H](CO)C3)c2n1.Nc1nc(NC2CC2)c2ncn([C@H]3C=C[C@@H](CO)C3)c2n1.